The van der Waals surface area contributed by atoms with Gasteiger partial charge in [0, 0.05) is 19.1 Å². The van der Waals surface area contributed by atoms with Crippen LogP contribution in [0.3, 0.4) is 0 Å². The number of hydrogen-bond donors (Lipinski definition) is 1. The molecular formula is C18H24N2. The van der Waals surface area contributed by atoms with Crippen molar-refractivity contribution in [3.05, 3.63) is 71.3 Å². The Bertz CT molecular complexity index is 522. The molecule has 0 heterocycles. The van der Waals surface area contributed by atoms with Crippen molar-refractivity contribution in [3.8, 4) is 0 Å². The predicted octanol–water partition coefficient (Wildman–Crippen LogP) is 3.17. The van der Waals surface area contributed by atoms with Crippen molar-refractivity contribution in [2.24, 2.45) is 5.73 Å². The van der Waals surface area contributed by atoms with Gasteiger partial charge in [-0.3, -0.25) is 4.90 Å². The molecule has 2 N–H and O–H groups in total. The molecule has 20 heavy (non-hydrogen) atoms. The third-order valence-corrected chi connectivity index (χ3v) is 3.90. The van der Waals surface area contributed by atoms with E-state index in [-0.39, 0.29) is 0 Å². The Kier molecular flexibility index (Phi) is 5.33. The number of nitrogens with two attached hydrogens (primary N) is 1. The number of nitrogens with zero attached hydrogens (tertiary/aromatic N) is 1. The van der Waals surface area contributed by atoms with Crippen molar-refractivity contribution in [1.82, 2.24) is 4.90 Å². The first-order valence-electron chi connectivity index (χ1n) is 7.22. The average Bonchev–Trinajstić information content (AvgIpc) is 2.49. The van der Waals surface area contributed by atoms with Gasteiger partial charge in [0.15, 0.2) is 0 Å². The zero-order valence-corrected chi connectivity index (χ0v) is 12.4. The molecule has 0 saturated heterocycles. The van der Waals surface area contributed by atoms with Crippen LogP contribution in [0.1, 0.15) is 22.7 Å². The number of rotatable bonds is 6. The molecule has 0 saturated carbocycles. The molecule has 0 aliphatic carbocycles. The molecule has 0 aliphatic rings. The van der Waals surface area contributed by atoms with Crippen molar-refractivity contribution in [3.63, 3.8) is 0 Å². The van der Waals surface area contributed by atoms with Crippen molar-refractivity contribution in [2.75, 3.05) is 20.1 Å². The van der Waals surface area contributed by atoms with Crippen LogP contribution in [0.2, 0.25) is 0 Å². The van der Waals surface area contributed by atoms with Crippen molar-refractivity contribution >= 4 is 0 Å². The zero-order chi connectivity index (χ0) is 14.4. The molecule has 106 valence electrons. The Labute approximate surface area is 122 Å². The van der Waals surface area contributed by atoms with Gasteiger partial charge in [0.1, 0.15) is 0 Å². The summed E-state index contributed by atoms with van der Waals surface area (Å²) >= 11 is 0. The molecule has 0 fully saturated rings. The molecule has 0 aliphatic heterocycles. The molecule has 2 nitrogen and oxygen atoms in total. The van der Waals surface area contributed by atoms with E-state index in [1.54, 1.807) is 0 Å². The molecule has 1 atom stereocenters. The summed E-state index contributed by atoms with van der Waals surface area (Å²) in [5, 5.41) is 0. The van der Waals surface area contributed by atoms with Crippen LogP contribution in [-0.2, 0) is 6.42 Å². The van der Waals surface area contributed by atoms with E-state index in [9.17, 15) is 0 Å². The summed E-state index contributed by atoms with van der Waals surface area (Å²) in [5.41, 5.74) is 10.0. The fraction of sp³-hybridized carbons (Fsp3) is 0.333. The Hall–Kier alpha value is -1.64. The van der Waals surface area contributed by atoms with Crippen LogP contribution in [0.15, 0.2) is 54.6 Å². The van der Waals surface area contributed by atoms with Crippen molar-refractivity contribution in [1.29, 1.82) is 0 Å². The second-order valence-electron chi connectivity index (χ2n) is 5.32. The highest BCUT2D eigenvalue weighted by Gasteiger charge is 2.16. The monoisotopic (exact) mass is 268 g/mol. The standard InChI is InChI=1S/C18H24N2/c1-15-8-6-7-11-17(15)18(14-19)20(2)13-12-16-9-4-3-5-10-16/h3-11,18H,12-14,19H2,1-2H3. The maximum Gasteiger partial charge on any atom is 0.0470 e. The lowest BCUT2D eigenvalue weighted by atomic mass is 10.00. The summed E-state index contributed by atoms with van der Waals surface area (Å²) in [6.45, 7) is 3.82. The van der Waals surface area contributed by atoms with Gasteiger partial charge in [-0.05, 0) is 37.1 Å². The molecule has 0 amide bonds. The average molecular weight is 268 g/mol. The van der Waals surface area contributed by atoms with Crippen molar-refractivity contribution < 1.29 is 0 Å². The van der Waals surface area contributed by atoms with Gasteiger partial charge in [0.2, 0.25) is 0 Å². The molecule has 2 aromatic carbocycles. The van der Waals surface area contributed by atoms with Gasteiger partial charge >= 0.3 is 0 Å². The lowest BCUT2D eigenvalue weighted by molar-refractivity contribution is 0.252. The second-order valence-corrected chi connectivity index (χ2v) is 5.32. The minimum absolute atomic E-state index is 0.292. The molecule has 0 aromatic heterocycles. The minimum Gasteiger partial charge on any atom is -0.329 e. The van der Waals surface area contributed by atoms with Gasteiger partial charge in [0.25, 0.3) is 0 Å². The number of benzene rings is 2. The van der Waals surface area contributed by atoms with E-state index in [1.807, 2.05) is 0 Å². The van der Waals surface area contributed by atoms with E-state index in [0.717, 1.165) is 13.0 Å². The Morgan fingerprint density at radius 2 is 1.65 bits per heavy atom. The van der Waals surface area contributed by atoms with Crippen LogP contribution in [0.25, 0.3) is 0 Å². The van der Waals surface area contributed by atoms with Gasteiger partial charge in [-0.25, -0.2) is 0 Å². The molecule has 2 rings (SSSR count). The second kappa shape index (κ2) is 7.22. The summed E-state index contributed by atoms with van der Waals surface area (Å²) in [6.07, 6.45) is 1.06. The highest BCUT2D eigenvalue weighted by atomic mass is 15.1. The van der Waals surface area contributed by atoms with Crippen molar-refractivity contribution in [2.45, 2.75) is 19.4 Å². The molecule has 0 radical (unpaired) electrons. The molecule has 1 unspecified atom stereocenters. The van der Waals surface area contributed by atoms with E-state index in [2.05, 4.69) is 73.5 Å². The van der Waals surface area contributed by atoms with Crippen LogP contribution in [-0.4, -0.2) is 25.0 Å². The number of likely N-dealkylation sites (N-methyl/N-ethyl adjacent to an activating group) is 1. The first-order chi connectivity index (χ1) is 9.72. The Balaban J connectivity index is 2.03. The fourth-order valence-electron chi connectivity index (χ4n) is 2.61. The predicted molar refractivity (Wildman–Crippen MR) is 85.8 cm³/mol. The third-order valence-electron chi connectivity index (χ3n) is 3.90. The highest BCUT2D eigenvalue weighted by Crippen LogP contribution is 2.21. The Morgan fingerprint density at radius 3 is 2.30 bits per heavy atom. The maximum atomic E-state index is 6.00. The largest absolute Gasteiger partial charge is 0.329 e. The molecule has 0 spiro atoms. The third kappa shape index (κ3) is 3.69. The summed E-state index contributed by atoms with van der Waals surface area (Å²) in [7, 11) is 2.16. The highest BCUT2D eigenvalue weighted by molar-refractivity contribution is 5.29. The zero-order valence-electron chi connectivity index (χ0n) is 12.4. The van der Waals surface area contributed by atoms with Crippen LogP contribution < -0.4 is 5.73 Å². The van der Waals surface area contributed by atoms with Gasteiger partial charge in [-0.15, -0.1) is 0 Å². The van der Waals surface area contributed by atoms with E-state index in [1.165, 1.54) is 16.7 Å². The molecule has 2 heteroatoms. The van der Waals surface area contributed by atoms with Gasteiger partial charge < -0.3 is 5.73 Å². The van der Waals surface area contributed by atoms with Crippen LogP contribution >= 0.6 is 0 Å². The van der Waals surface area contributed by atoms with Gasteiger partial charge in [-0.2, -0.15) is 0 Å². The SMILES string of the molecule is Cc1ccccc1C(CN)N(C)CCc1ccccc1. The summed E-state index contributed by atoms with van der Waals surface area (Å²) in [6, 6.07) is 19.4. The van der Waals surface area contributed by atoms with E-state index >= 15 is 0 Å². The van der Waals surface area contributed by atoms with Crippen LogP contribution in [0.5, 0.6) is 0 Å². The van der Waals surface area contributed by atoms with E-state index in [4.69, 9.17) is 5.73 Å². The first kappa shape index (κ1) is 14.8. The topological polar surface area (TPSA) is 29.3 Å². The summed E-state index contributed by atoms with van der Waals surface area (Å²) in [5.74, 6) is 0. The van der Waals surface area contributed by atoms with Gasteiger partial charge in [0.05, 0.1) is 0 Å². The first-order valence-corrected chi connectivity index (χ1v) is 7.22. The Morgan fingerprint density at radius 1 is 1.00 bits per heavy atom. The van der Waals surface area contributed by atoms with Crippen LogP contribution in [0, 0.1) is 6.92 Å². The molecule has 0 bridgehead atoms. The van der Waals surface area contributed by atoms with Gasteiger partial charge in [-0.1, -0.05) is 54.6 Å². The summed E-state index contributed by atoms with van der Waals surface area (Å²) in [4.78, 5) is 2.36. The van der Waals surface area contributed by atoms with Crippen LogP contribution in [0.4, 0.5) is 0 Å². The number of hydrogen-bond acceptors (Lipinski definition) is 2. The maximum absolute atomic E-state index is 6.00. The smallest absolute Gasteiger partial charge is 0.0470 e. The summed E-state index contributed by atoms with van der Waals surface area (Å²) < 4.78 is 0. The van der Waals surface area contributed by atoms with E-state index < -0.39 is 0 Å². The van der Waals surface area contributed by atoms with E-state index in [0.29, 0.717) is 12.6 Å². The minimum atomic E-state index is 0.292. The fourth-order valence-corrected chi connectivity index (χ4v) is 2.61. The molecular weight excluding hydrogens is 244 g/mol. The normalized spacial score (nSPS) is 12.6. The molecule has 2 aromatic rings. The lowest BCUT2D eigenvalue weighted by Crippen LogP contribution is -2.32. The quantitative estimate of drug-likeness (QED) is 0.872. The number of aryl methyl sites for hydroxylation is 1. The lowest BCUT2D eigenvalue weighted by Gasteiger charge is -2.28.